The van der Waals surface area contributed by atoms with Crippen LogP contribution in [0.3, 0.4) is 0 Å². The number of allylic oxidation sites excluding steroid dienone is 1. The molecule has 4 unspecified atom stereocenters. The van der Waals surface area contributed by atoms with Gasteiger partial charge < -0.3 is 14.7 Å². The highest BCUT2D eigenvalue weighted by atomic mass is 16.5. The van der Waals surface area contributed by atoms with E-state index in [4.69, 9.17) is 4.74 Å². The van der Waals surface area contributed by atoms with Gasteiger partial charge >= 0.3 is 0 Å². The number of benzene rings is 1. The number of fused-ring (bicyclic) bond motifs is 5. The second kappa shape index (κ2) is 8.81. The summed E-state index contributed by atoms with van der Waals surface area (Å²) in [4.78, 5) is 2.42. The summed E-state index contributed by atoms with van der Waals surface area (Å²) in [5.74, 6) is 2.74. The van der Waals surface area contributed by atoms with Crippen LogP contribution in [0.2, 0.25) is 0 Å². The van der Waals surface area contributed by atoms with Crippen molar-refractivity contribution < 1.29 is 9.84 Å². The summed E-state index contributed by atoms with van der Waals surface area (Å²) >= 11 is 0. The SMILES string of the molecule is CCN(CC)CCOCC=C1CCC2C3CCc4cc(O)ccc4C3CCC12C. The largest absolute Gasteiger partial charge is 0.508 e. The Balaban J connectivity index is 1.40. The molecule has 160 valence electrons. The Kier molecular flexibility index (Phi) is 6.36. The fourth-order valence-corrected chi connectivity index (χ4v) is 6.73. The maximum atomic E-state index is 9.87. The Morgan fingerprint density at radius 1 is 1.17 bits per heavy atom. The van der Waals surface area contributed by atoms with Gasteiger partial charge in [0.2, 0.25) is 0 Å². The van der Waals surface area contributed by atoms with Crippen molar-refractivity contribution in [1.29, 1.82) is 0 Å². The lowest BCUT2D eigenvalue weighted by atomic mass is 9.55. The van der Waals surface area contributed by atoms with Crippen LogP contribution in [0.4, 0.5) is 0 Å². The predicted octanol–water partition coefficient (Wildman–Crippen LogP) is 5.53. The standard InChI is InChI=1S/C26H39NO2/c1-4-27(5-2)15-17-29-16-13-20-7-11-25-24-9-6-19-18-21(28)8-10-22(19)23(24)12-14-26(20,25)3/h8,10,13,18,23-25,28H,4-7,9,11-12,14-17H2,1-3H3. The molecule has 0 heterocycles. The van der Waals surface area contributed by atoms with E-state index in [-0.39, 0.29) is 0 Å². The van der Waals surface area contributed by atoms with Gasteiger partial charge in [0, 0.05) is 6.54 Å². The minimum Gasteiger partial charge on any atom is -0.508 e. The molecule has 1 N–H and O–H groups in total. The number of nitrogens with zero attached hydrogens (tertiary/aromatic N) is 1. The molecule has 0 radical (unpaired) electrons. The number of aryl methyl sites for hydroxylation is 1. The minimum absolute atomic E-state index is 0.373. The second-order valence-corrected chi connectivity index (χ2v) is 9.62. The molecule has 0 amide bonds. The van der Waals surface area contributed by atoms with E-state index in [0.29, 0.717) is 17.1 Å². The van der Waals surface area contributed by atoms with E-state index < -0.39 is 0 Å². The summed E-state index contributed by atoms with van der Waals surface area (Å²) in [7, 11) is 0. The number of phenols is 1. The Hall–Kier alpha value is -1.32. The molecular weight excluding hydrogens is 358 g/mol. The summed E-state index contributed by atoms with van der Waals surface area (Å²) in [6.07, 6.45) is 10.0. The molecule has 29 heavy (non-hydrogen) atoms. The average molecular weight is 398 g/mol. The van der Waals surface area contributed by atoms with Gasteiger partial charge in [-0.05, 0) is 98.0 Å². The number of hydrogen-bond donors (Lipinski definition) is 1. The average Bonchev–Trinajstić information content (AvgIpc) is 3.06. The van der Waals surface area contributed by atoms with Crippen molar-refractivity contribution in [3.63, 3.8) is 0 Å². The van der Waals surface area contributed by atoms with E-state index in [1.165, 1.54) is 43.2 Å². The zero-order valence-corrected chi connectivity index (χ0v) is 18.6. The molecule has 0 aliphatic heterocycles. The molecule has 2 saturated carbocycles. The highest BCUT2D eigenvalue weighted by Crippen LogP contribution is 2.62. The lowest BCUT2D eigenvalue weighted by molar-refractivity contribution is 0.0799. The Bertz CT molecular complexity index is 738. The first-order chi connectivity index (χ1) is 14.1. The second-order valence-electron chi connectivity index (χ2n) is 9.62. The lowest BCUT2D eigenvalue weighted by Gasteiger charge is -2.49. The van der Waals surface area contributed by atoms with E-state index in [0.717, 1.165) is 51.1 Å². The van der Waals surface area contributed by atoms with Crippen molar-refractivity contribution in [1.82, 2.24) is 4.90 Å². The molecule has 2 fully saturated rings. The molecule has 4 atom stereocenters. The summed E-state index contributed by atoms with van der Waals surface area (Å²) in [5.41, 5.74) is 4.96. The Morgan fingerprint density at radius 3 is 2.79 bits per heavy atom. The van der Waals surface area contributed by atoms with Crippen molar-refractivity contribution >= 4 is 0 Å². The molecule has 0 aromatic heterocycles. The molecule has 3 aliphatic rings. The van der Waals surface area contributed by atoms with Crippen LogP contribution in [0.1, 0.15) is 69.9 Å². The normalized spacial score (nSPS) is 32.3. The van der Waals surface area contributed by atoms with Crippen LogP contribution in [-0.4, -0.2) is 42.9 Å². The number of rotatable bonds is 7. The zero-order chi connectivity index (χ0) is 20.4. The van der Waals surface area contributed by atoms with Gasteiger partial charge in [-0.3, -0.25) is 0 Å². The van der Waals surface area contributed by atoms with E-state index in [9.17, 15) is 5.11 Å². The van der Waals surface area contributed by atoms with Gasteiger partial charge in [-0.1, -0.05) is 38.5 Å². The monoisotopic (exact) mass is 397 g/mol. The van der Waals surface area contributed by atoms with Crippen molar-refractivity contribution in [3.05, 3.63) is 41.0 Å². The van der Waals surface area contributed by atoms with Crippen LogP contribution < -0.4 is 0 Å². The van der Waals surface area contributed by atoms with Crippen molar-refractivity contribution in [2.75, 3.05) is 32.8 Å². The Morgan fingerprint density at radius 2 is 2.00 bits per heavy atom. The van der Waals surface area contributed by atoms with Crippen LogP contribution in [0.25, 0.3) is 0 Å². The van der Waals surface area contributed by atoms with E-state index in [1.54, 1.807) is 5.57 Å². The van der Waals surface area contributed by atoms with E-state index >= 15 is 0 Å². The number of hydrogen-bond acceptors (Lipinski definition) is 3. The fraction of sp³-hybridized carbons (Fsp3) is 0.692. The van der Waals surface area contributed by atoms with Crippen LogP contribution in [-0.2, 0) is 11.2 Å². The molecule has 1 aromatic carbocycles. The summed E-state index contributed by atoms with van der Waals surface area (Å²) < 4.78 is 5.98. The van der Waals surface area contributed by atoms with Crippen LogP contribution in [0, 0.1) is 17.3 Å². The summed E-state index contributed by atoms with van der Waals surface area (Å²) in [6.45, 7) is 11.8. The lowest BCUT2D eigenvalue weighted by Crippen LogP contribution is -2.40. The first-order valence-corrected chi connectivity index (χ1v) is 11.9. The third-order valence-corrected chi connectivity index (χ3v) is 8.45. The number of aromatic hydroxyl groups is 1. The summed E-state index contributed by atoms with van der Waals surface area (Å²) in [5, 5.41) is 9.87. The third kappa shape index (κ3) is 4.01. The van der Waals surface area contributed by atoms with Gasteiger partial charge in [0.1, 0.15) is 5.75 Å². The van der Waals surface area contributed by atoms with Gasteiger partial charge in [-0.25, -0.2) is 0 Å². The van der Waals surface area contributed by atoms with Gasteiger partial charge in [-0.2, -0.15) is 0 Å². The van der Waals surface area contributed by atoms with Gasteiger partial charge in [0.05, 0.1) is 13.2 Å². The fourth-order valence-electron chi connectivity index (χ4n) is 6.73. The molecule has 0 saturated heterocycles. The first kappa shape index (κ1) is 20.9. The van der Waals surface area contributed by atoms with Crippen molar-refractivity contribution in [2.45, 2.75) is 65.2 Å². The van der Waals surface area contributed by atoms with Crippen LogP contribution in [0.5, 0.6) is 5.75 Å². The number of likely N-dealkylation sites (N-methyl/N-ethyl adjacent to an activating group) is 1. The number of phenolic OH excluding ortho intramolecular Hbond substituents is 1. The van der Waals surface area contributed by atoms with Crippen molar-refractivity contribution in [3.8, 4) is 5.75 Å². The summed E-state index contributed by atoms with van der Waals surface area (Å²) in [6, 6.07) is 6.11. The van der Waals surface area contributed by atoms with Crippen molar-refractivity contribution in [2.24, 2.45) is 17.3 Å². The Labute approximate surface area is 177 Å². The molecule has 3 nitrogen and oxygen atoms in total. The van der Waals surface area contributed by atoms with Gasteiger partial charge in [0.15, 0.2) is 0 Å². The molecule has 0 bridgehead atoms. The highest BCUT2D eigenvalue weighted by molar-refractivity contribution is 5.40. The quantitative estimate of drug-likeness (QED) is 0.485. The third-order valence-electron chi connectivity index (χ3n) is 8.45. The zero-order valence-electron chi connectivity index (χ0n) is 18.6. The first-order valence-electron chi connectivity index (χ1n) is 11.9. The maximum Gasteiger partial charge on any atom is 0.115 e. The van der Waals surface area contributed by atoms with Crippen LogP contribution in [0.15, 0.2) is 29.8 Å². The molecule has 4 rings (SSSR count). The predicted molar refractivity (Wildman–Crippen MR) is 119 cm³/mol. The van der Waals surface area contributed by atoms with E-state index in [2.05, 4.69) is 37.8 Å². The van der Waals surface area contributed by atoms with Gasteiger partial charge in [0.25, 0.3) is 0 Å². The smallest absolute Gasteiger partial charge is 0.115 e. The van der Waals surface area contributed by atoms with E-state index in [1.807, 2.05) is 12.1 Å². The number of ether oxygens (including phenoxy) is 1. The molecule has 3 heteroatoms. The van der Waals surface area contributed by atoms with Crippen LogP contribution >= 0.6 is 0 Å². The molecule has 3 aliphatic carbocycles. The topological polar surface area (TPSA) is 32.7 Å². The highest BCUT2D eigenvalue weighted by Gasteiger charge is 2.52. The molecule has 1 aromatic rings. The maximum absolute atomic E-state index is 9.87. The minimum atomic E-state index is 0.373. The molecular formula is C26H39NO2. The van der Waals surface area contributed by atoms with Gasteiger partial charge in [-0.15, -0.1) is 0 Å². The molecule has 0 spiro atoms.